The van der Waals surface area contributed by atoms with E-state index in [1.54, 1.807) is 6.07 Å². The van der Waals surface area contributed by atoms with Crippen LogP contribution < -0.4 is 0 Å². The van der Waals surface area contributed by atoms with E-state index in [1.807, 2.05) is 48.0 Å². The minimum Gasteiger partial charge on any atom is -0.344 e. The zero-order chi connectivity index (χ0) is 14.3. The Morgan fingerprint density at radius 1 is 1.00 bits per heavy atom. The van der Waals surface area contributed by atoms with E-state index in [0.717, 1.165) is 22.2 Å². The first-order valence-electron chi connectivity index (χ1n) is 6.09. The van der Waals surface area contributed by atoms with E-state index in [1.165, 1.54) is 12.1 Å². The summed E-state index contributed by atoms with van der Waals surface area (Å²) in [6, 6.07) is 16.4. The van der Waals surface area contributed by atoms with Gasteiger partial charge in [0, 0.05) is 23.6 Å². The summed E-state index contributed by atoms with van der Waals surface area (Å²) in [5.41, 5.74) is 2.96. The van der Waals surface area contributed by atoms with Gasteiger partial charge in [-0.15, -0.1) is 0 Å². The van der Waals surface area contributed by atoms with Crippen molar-refractivity contribution in [2.75, 3.05) is 0 Å². The Morgan fingerprint density at radius 2 is 1.70 bits per heavy atom. The third-order valence-corrected chi connectivity index (χ3v) is 4.23. The van der Waals surface area contributed by atoms with Crippen molar-refractivity contribution in [3.8, 4) is 11.3 Å². The molecule has 0 spiro atoms. The molecule has 2 aromatic carbocycles. The van der Waals surface area contributed by atoms with E-state index in [4.69, 9.17) is 4.55 Å². The van der Waals surface area contributed by atoms with Crippen molar-refractivity contribution < 1.29 is 13.0 Å². The van der Waals surface area contributed by atoms with Crippen molar-refractivity contribution in [1.82, 2.24) is 4.57 Å². The molecular weight excluding hydrogens is 274 g/mol. The molecule has 4 nitrogen and oxygen atoms in total. The molecule has 0 aliphatic carbocycles. The number of nitrogens with zero attached hydrogens (tertiary/aromatic N) is 1. The van der Waals surface area contributed by atoms with E-state index in [2.05, 4.69) is 0 Å². The van der Waals surface area contributed by atoms with Gasteiger partial charge in [0.2, 0.25) is 0 Å². The van der Waals surface area contributed by atoms with Crippen molar-refractivity contribution in [3.05, 3.63) is 54.6 Å². The molecule has 3 rings (SSSR count). The molecule has 0 aliphatic rings. The Kier molecular flexibility index (Phi) is 2.88. The lowest BCUT2D eigenvalue weighted by Crippen LogP contribution is -1.97. The van der Waals surface area contributed by atoms with Crippen molar-refractivity contribution in [2.45, 2.75) is 4.90 Å². The van der Waals surface area contributed by atoms with Gasteiger partial charge in [-0.3, -0.25) is 4.55 Å². The van der Waals surface area contributed by atoms with Gasteiger partial charge in [0.25, 0.3) is 10.1 Å². The van der Waals surface area contributed by atoms with Crippen LogP contribution in [-0.2, 0) is 17.2 Å². The summed E-state index contributed by atoms with van der Waals surface area (Å²) < 4.78 is 33.5. The number of hydrogen-bond acceptors (Lipinski definition) is 2. The summed E-state index contributed by atoms with van der Waals surface area (Å²) >= 11 is 0. The van der Waals surface area contributed by atoms with E-state index in [0.29, 0.717) is 0 Å². The van der Waals surface area contributed by atoms with Crippen molar-refractivity contribution >= 4 is 21.0 Å². The molecule has 20 heavy (non-hydrogen) atoms. The summed E-state index contributed by atoms with van der Waals surface area (Å²) in [6.45, 7) is 0. The fraction of sp³-hybridized carbons (Fsp3) is 0.0667. The predicted molar refractivity (Wildman–Crippen MR) is 78.2 cm³/mol. The van der Waals surface area contributed by atoms with Gasteiger partial charge < -0.3 is 4.57 Å². The van der Waals surface area contributed by atoms with Crippen molar-refractivity contribution in [1.29, 1.82) is 0 Å². The molecule has 0 fully saturated rings. The minimum absolute atomic E-state index is 0.0878. The Morgan fingerprint density at radius 3 is 2.35 bits per heavy atom. The van der Waals surface area contributed by atoms with Gasteiger partial charge in [-0.25, -0.2) is 0 Å². The minimum atomic E-state index is -4.17. The molecule has 3 aromatic rings. The Hall–Kier alpha value is -2.11. The van der Waals surface area contributed by atoms with Crippen LogP contribution >= 0.6 is 0 Å². The van der Waals surface area contributed by atoms with Crippen molar-refractivity contribution in [3.63, 3.8) is 0 Å². The largest absolute Gasteiger partial charge is 0.344 e. The molecule has 0 bridgehead atoms. The SMILES string of the molecule is Cn1c(-c2ccccc2)cc2cc(S(=O)(=O)O)ccc21. The maximum Gasteiger partial charge on any atom is 0.294 e. The second-order valence-corrected chi connectivity index (χ2v) is 6.07. The third-order valence-electron chi connectivity index (χ3n) is 3.38. The number of hydrogen-bond donors (Lipinski definition) is 1. The first-order valence-corrected chi connectivity index (χ1v) is 7.53. The smallest absolute Gasteiger partial charge is 0.294 e. The Labute approximate surface area is 117 Å². The van der Waals surface area contributed by atoms with Crippen LogP contribution in [0.5, 0.6) is 0 Å². The second-order valence-electron chi connectivity index (χ2n) is 4.65. The monoisotopic (exact) mass is 287 g/mol. The van der Waals surface area contributed by atoms with E-state index >= 15 is 0 Å². The molecule has 1 N–H and O–H groups in total. The van der Waals surface area contributed by atoms with Gasteiger partial charge >= 0.3 is 0 Å². The number of benzene rings is 2. The molecule has 1 aromatic heterocycles. The highest BCUT2D eigenvalue weighted by Gasteiger charge is 2.13. The molecular formula is C15H13NO3S. The molecule has 1 heterocycles. The van der Waals surface area contributed by atoms with Gasteiger partial charge in [-0.1, -0.05) is 30.3 Å². The average molecular weight is 287 g/mol. The molecule has 0 atom stereocenters. The normalized spacial score (nSPS) is 11.9. The topological polar surface area (TPSA) is 59.3 Å². The van der Waals surface area contributed by atoms with Crippen LogP contribution in [0.3, 0.4) is 0 Å². The maximum atomic E-state index is 11.2. The highest BCUT2D eigenvalue weighted by molar-refractivity contribution is 7.85. The third kappa shape index (κ3) is 2.11. The summed E-state index contributed by atoms with van der Waals surface area (Å²) in [5, 5.41) is 0.779. The quantitative estimate of drug-likeness (QED) is 0.737. The lowest BCUT2D eigenvalue weighted by Gasteiger charge is -2.04. The molecule has 0 unspecified atom stereocenters. The molecule has 0 radical (unpaired) electrons. The lowest BCUT2D eigenvalue weighted by atomic mass is 10.1. The van der Waals surface area contributed by atoms with E-state index < -0.39 is 10.1 Å². The Bertz CT molecular complexity index is 880. The molecule has 0 saturated carbocycles. The summed E-state index contributed by atoms with van der Waals surface area (Å²) in [7, 11) is -2.24. The molecule has 5 heteroatoms. The lowest BCUT2D eigenvalue weighted by molar-refractivity contribution is 0.483. The van der Waals surface area contributed by atoms with Gasteiger partial charge in [-0.2, -0.15) is 8.42 Å². The van der Waals surface area contributed by atoms with E-state index in [9.17, 15) is 8.42 Å². The second kappa shape index (κ2) is 4.47. The summed E-state index contributed by atoms with van der Waals surface area (Å²) in [4.78, 5) is -0.0878. The van der Waals surface area contributed by atoms with Crippen LogP contribution in [0.4, 0.5) is 0 Å². The van der Waals surface area contributed by atoms with Crippen LogP contribution in [0.1, 0.15) is 0 Å². The van der Waals surface area contributed by atoms with Gasteiger partial charge in [-0.05, 0) is 29.8 Å². The zero-order valence-corrected chi connectivity index (χ0v) is 11.6. The van der Waals surface area contributed by atoms with Crippen LogP contribution in [0.2, 0.25) is 0 Å². The molecule has 0 saturated heterocycles. The van der Waals surface area contributed by atoms with Crippen LogP contribution in [0, 0.1) is 0 Å². The van der Waals surface area contributed by atoms with Crippen LogP contribution in [0.25, 0.3) is 22.2 Å². The fourth-order valence-corrected chi connectivity index (χ4v) is 2.89. The Balaban J connectivity index is 2.25. The molecule has 0 amide bonds. The number of aromatic nitrogens is 1. The van der Waals surface area contributed by atoms with Gasteiger partial charge in [0.15, 0.2) is 0 Å². The van der Waals surface area contributed by atoms with Crippen LogP contribution in [0.15, 0.2) is 59.5 Å². The highest BCUT2D eigenvalue weighted by atomic mass is 32.2. The van der Waals surface area contributed by atoms with Crippen molar-refractivity contribution in [2.24, 2.45) is 7.05 Å². The van der Waals surface area contributed by atoms with Gasteiger partial charge in [0.1, 0.15) is 0 Å². The molecule has 0 aliphatic heterocycles. The summed E-state index contributed by atoms with van der Waals surface area (Å²) in [5.74, 6) is 0. The summed E-state index contributed by atoms with van der Waals surface area (Å²) in [6.07, 6.45) is 0. The van der Waals surface area contributed by atoms with E-state index in [-0.39, 0.29) is 4.90 Å². The molecule has 102 valence electrons. The first-order chi connectivity index (χ1) is 9.47. The number of fused-ring (bicyclic) bond motifs is 1. The maximum absolute atomic E-state index is 11.2. The number of aryl methyl sites for hydroxylation is 1. The standard InChI is InChI=1S/C15H13NO3S/c1-16-14-8-7-13(20(17,18)19)9-12(14)10-15(16)11-5-3-2-4-6-11/h2-10H,1H3,(H,17,18,19). The average Bonchev–Trinajstić information content (AvgIpc) is 2.76. The first kappa shape index (κ1) is 12.9. The fourth-order valence-electron chi connectivity index (χ4n) is 2.37. The zero-order valence-electron chi connectivity index (χ0n) is 10.8. The number of rotatable bonds is 2. The van der Waals surface area contributed by atoms with Gasteiger partial charge in [0.05, 0.1) is 4.90 Å². The van der Waals surface area contributed by atoms with Crippen LogP contribution in [-0.4, -0.2) is 17.5 Å². The predicted octanol–water partition coefficient (Wildman–Crippen LogP) is 3.09. The highest BCUT2D eigenvalue weighted by Crippen LogP contribution is 2.28.